The van der Waals surface area contributed by atoms with Crippen LogP contribution in [0.4, 0.5) is 0 Å². The van der Waals surface area contributed by atoms with E-state index >= 15 is 0 Å². The van der Waals surface area contributed by atoms with Crippen LogP contribution < -0.4 is 0 Å². The SMILES string of the molecule is c1ccc(-c2ccc(C3CCCCC3)c(-c3cc(-c4ccccc4-n4c5ccccc5c5ccccc54)nc(-n4c5ccccc5c5ccccc54)n3)c2)cc1. The zero-order valence-corrected chi connectivity index (χ0v) is 31.1. The Balaban J connectivity index is 1.22. The minimum absolute atomic E-state index is 0.489. The van der Waals surface area contributed by atoms with E-state index in [1.165, 1.54) is 86.9 Å². The quantitative estimate of drug-likeness (QED) is 0.171. The van der Waals surface area contributed by atoms with E-state index in [2.05, 4.69) is 185 Å². The van der Waals surface area contributed by atoms with Gasteiger partial charge in [-0.1, -0.05) is 153 Å². The third kappa shape index (κ3) is 5.36. The van der Waals surface area contributed by atoms with Crippen LogP contribution in [0.15, 0.2) is 176 Å². The number of fused-ring (bicyclic) bond motifs is 6. The lowest BCUT2D eigenvalue weighted by Crippen LogP contribution is -2.09. The van der Waals surface area contributed by atoms with Crippen molar-refractivity contribution in [1.29, 1.82) is 0 Å². The molecule has 0 unspecified atom stereocenters. The molecule has 11 rings (SSSR count). The van der Waals surface area contributed by atoms with Crippen LogP contribution in [0, 0.1) is 0 Å². The number of hydrogen-bond acceptors (Lipinski definition) is 2. The predicted molar refractivity (Wildman–Crippen MR) is 233 cm³/mol. The average Bonchev–Trinajstić information content (AvgIpc) is 3.80. The van der Waals surface area contributed by atoms with Crippen molar-refractivity contribution in [2.45, 2.75) is 38.0 Å². The molecule has 0 spiro atoms. The second-order valence-electron chi connectivity index (χ2n) is 15.2. The van der Waals surface area contributed by atoms with Gasteiger partial charge in [0.2, 0.25) is 5.95 Å². The molecule has 4 nitrogen and oxygen atoms in total. The predicted octanol–water partition coefficient (Wildman–Crippen LogP) is 13.7. The molecule has 0 saturated heterocycles. The minimum atomic E-state index is 0.489. The van der Waals surface area contributed by atoms with Crippen LogP contribution in [0.25, 0.3) is 88.9 Å². The van der Waals surface area contributed by atoms with E-state index in [0.29, 0.717) is 11.9 Å². The van der Waals surface area contributed by atoms with Gasteiger partial charge in [0.1, 0.15) is 0 Å². The highest BCUT2D eigenvalue weighted by atomic mass is 15.2. The molecule has 56 heavy (non-hydrogen) atoms. The third-order valence-electron chi connectivity index (χ3n) is 12.0. The summed E-state index contributed by atoms with van der Waals surface area (Å²) in [4.78, 5) is 11.2. The van der Waals surface area contributed by atoms with Gasteiger partial charge in [-0.05, 0) is 77.9 Å². The van der Waals surface area contributed by atoms with Crippen LogP contribution in [0.2, 0.25) is 0 Å². The standard InChI is InChI=1S/C52H40N4/c1-3-17-35(18-4-1)37-31-32-38(36-19-5-2-6-20-36)44(33-37)46-34-45(53-52(54-46)56-49-28-14-9-23-41(49)42-24-10-15-29-50(42)56)43-25-11-16-30-51(43)55-47-26-12-7-21-39(47)40-22-8-13-27-48(40)55/h1,3-4,7-18,21-34,36H,2,5-6,19-20H2. The van der Waals surface area contributed by atoms with E-state index in [4.69, 9.17) is 9.97 Å². The van der Waals surface area contributed by atoms with Gasteiger partial charge in [-0.2, -0.15) is 0 Å². The summed E-state index contributed by atoms with van der Waals surface area (Å²) in [5.74, 6) is 1.16. The fourth-order valence-corrected chi connectivity index (χ4v) is 9.37. The van der Waals surface area contributed by atoms with Crippen LogP contribution in [-0.2, 0) is 0 Å². The molecule has 268 valence electrons. The number of para-hydroxylation sites is 5. The third-order valence-corrected chi connectivity index (χ3v) is 12.0. The van der Waals surface area contributed by atoms with E-state index in [9.17, 15) is 0 Å². The molecular formula is C52H40N4. The maximum Gasteiger partial charge on any atom is 0.235 e. The number of hydrogen-bond donors (Lipinski definition) is 0. The van der Waals surface area contributed by atoms with Crippen molar-refractivity contribution in [1.82, 2.24) is 19.1 Å². The number of benzene rings is 7. The Hall–Kier alpha value is -6.78. The van der Waals surface area contributed by atoms with E-state index in [1.54, 1.807) is 0 Å². The summed E-state index contributed by atoms with van der Waals surface area (Å²) in [6.07, 6.45) is 6.23. The first kappa shape index (κ1) is 32.6. The maximum absolute atomic E-state index is 5.60. The first-order chi connectivity index (χ1) is 27.8. The van der Waals surface area contributed by atoms with Gasteiger partial charge in [0, 0.05) is 32.7 Å². The first-order valence-corrected chi connectivity index (χ1v) is 20.0. The Labute approximate surface area is 326 Å². The molecule has 3 heterocycles. The van der Waals surface area contributed by atoms with E-state index in [1.807, 2.05) is 0 Å². The molecule has 1 aliphatic carbocycles. The molecule has 1 fully saturated rings. The fourth-order valence-electron chi connectivity index (χ4n) is 9.37. The molecule has 0 N–H and O–H groups in total. The van der Waals surface area contributed by atoms with E-state index in [0.717, 1.165) is 33.7 Å². The van der Waals surface area contributed by atoms with Crippen molar-refractivity contribution >= 4 is 43.6 Å². The lowest BCUT2D eigenvalue weighted by Gasteiger charge is -2.25. The van der Waals surface area contributed by atoms with Gasteiger partial charge in [0.15, 0.2) is 0 Å². The van der Waals surface area contributed by atoms with E-state index in [-0.39, 0.29) is 0 Å². The number of aromatic nitrogens is 4. The van der Waals surface area contributed by atoms with Crippen LogP contribution in [-0.4, -0.2) is 19.1 Å². The summed E-state index contributed by atoms with van der Waals surface area (Å²) in [6.45, 7) is 0. The second-order valence-corrected chi connectivity index (χ2v) is 15.2. The van der Waals surface area contributed by atoms with Gasteiger partial charge < -0.3 is 4.57 Å². The topological polar surface area (TPSA) is 35.6 Å². The molecular weight excluding hydrogens is 681 g/mol. The summed E-state index contributed by atoms with van der Waals surface area (Å²) >= 11 is 0. The number of nitrogens with zero attached hydrogens (tertiary/aromatic N) is 4. The van der Waals surface area contributed by atoms with Crippen LogP contribution in [0.1, 0.15) is 43.6 Å². The van der Waals surface area contributed by atoms with Crippen molar-refractivity contribution in [2.75, 3.05) is 0 Å². The largest absolute Gasteiger partial charge is 0.309 e. The smallest absolute Gasteiger partial charge is 0.235 e. The van der Waals surface area contributed by atoms with E-state index < -0.39 is 0 Å². The molecule has 3 aromatic heterocycles. The first-order valence-electron chi connectivity index (χ1n) is 20.0. The summed E-state index contributed by atoms with van der Waals surface area (Å²) in [5.41, 5.74) is 13.5. The van der Waals surface area contributed by atoms with Gasteiger partial charge in [0.25, 0.3) is 0 Å². The highest BCUT2D eigenvalue weighted by Crippen LogP contribution is 2.42. The van der Waals surface area contributed by atoms with Crippen LogP contribution in [0.5, 0.6) is 0 Å². The number of rotatable bonds is 6. The van der Waals surface area contributed by atoms with Crippen molar-refractivity contribution in [3.63, 3.8) is 0 Å². The monoisotopic (exact) mass is 720 g/mol. The molecule has 0 amide bonds. The molecule has 1 saturated carbocycles. The zero-order valence-electron chi connectivity index (χ0n) is 31.1. The lowest BCUT2D eigenvalue weighted by atomic mass is 9.80. The second kappa shape index (κ2) is 13.5. The summed E-state index contributed by atoms with van der Waals surface area (Å²) < 4.78 is 4.67. The van der Waals surface area contributed by atoms with Crippen LogP contribution >= 0.6 is 0 Å². The van der Waals surface area contributed by atoms with Gasteiger partial charge in [-0.3, -0.25) is 4.57 Å². The molecule has 1 aliphatic rings. The van der Waals surface area contributed by atoms with Crippen molar-refractivity contribution in [3.8, 4) is 45.3 Å². The highest BCUT2D eigenvalue weighted by molar-refractivity contribution is 6.10. The molecule has 0 atom stereocenters. The maximum atomic E-state index is 5.60. The molecule has 10 aromatic rings. The Kier molecular flexibility index (Phi) is 7.87. The van der Waals surface area contributed by atoms with Gasteiger partial charge in [-0.25, -0.2) is 9.97 Å². The molecule has 4 heteroatoms. The average molecular weight is 721 g/mol. The molecule has 0 aliphatic heterocycles. The van der Waals surface area contributed by atoms with Crippen molar-refractivity contribution < 1.29 is 0 Å². The van der Waals surface area contributed by atoms with Crippen molar-refractivity contribution in [2.24, 2.45) is 0 Å². The van der Waals surface area contributed by atoms with Gasteiger partial charge in [-0.15, -0.1) is 0 Å². The Morgan fingerprint density at radius 2 is 0.893 bits per heavy atom. The summed E-state index contributed by atoms with van der Waals surface area (Å²) in [5, 5.41) is 4.86. The zero-order chi connectivity index (χ0) is 37.0. The fraction of sp³-hybridized carbons (Fsp3) is 0.115. The minimum Gasteiger partial charge on any atom is -0.309 e. The Bertz CT molecular complexity index is 2970. The lowest BCUT2D eigenvalue weighted by molar-refractivity contribution is 0.444. The van der Waals surface area contributed by atoms with Gasteiger partial charge >= 0.3 is 0 Å². The normalized spacial score (nSPS) is 13.6. The molecule has 7 aromatic carbocycles. The van der Waals surface area contributed by atoms with Gasteiger partial charge in [0.05, 0.1) is 39.1 Å². The highest BCUT2D eigenvalue weighted by Gasteiger charge is 2.24. The Morgan fingerprint density at radius 3 is 1.50 bits per heavy atom. The van der Waals surface area contributed by atoms with Crippen LogP contribution in [0.3, 0.4) is 0 Å². The summed E-state index contributed by atoms with van der Waals surface area (Å²) in [6, 6.07) is 63.6. The Morgan fingerprint density at radius 1 is 0.393 bits per heavy atom. The molecule has 0 radical (unpaired) electrons. The molecule has 0 bridgehead atoms. The van der Waals surface area contributed by atoms with Crippen molar-refractivity contribution in [3.05, 3.63) is 181 Å². The summed E-state index contributed by atoms with van der Waals surface area (Å²) in [7, 11) is 0.